The SMILES string of the molecule is O=C1CCC(N2C(=O)c3ccc(CNCC4CCCNCC4)cc3C2=O)C(=O)N1. The molecule has 1 aromatic carbocycles. The van der Waals surface area contributed by atoms with Gasteiger partial charge in [-0.1, -0.05) is 6.07 Å². The number of piperidine rings is 1. The topological polar surface area (TPSA) is 108 Å². The minimum atomic E-state index is -0.925. The highest BCUT2D eigenvalue weighted by Gasteiger charge is 2.44. The van der Waals surface area contributed by atoms with E-state index in [9.17, 15) is 19.2 Å². The van der Waals surface area contributed by atoms with Gasteiger partial charge >= 0.3 is 0 Å². The molecule has 1 aromatic rings. The van der Waals surface area contributed by atoms with Gasteiger partial charge in [0.25, 0.3) is 11.8 Å². The van der Waals surface area contributed by atoms with E-state index in [2.05, 4.69) is 16.0 Å². The molecule has 0 bridgehead atoms. The minimum Gasteiger partial charge on any atom is -0.317 e. The van der Waals surface area contributed by atoms with E-state index in [1.807, 2.05) is 6.07 Å². The smallest absolute Gasteiger partial charge is 0.262 e. The van der Waals surface area contributed by atoms with Crippen molar-refractivity contribution < 1.29 is 19.2 Å². The van der Waals surface area contributed by atoms with Gasteiger partial charge in [0.1, 0.15) is 6.04 Å². The van der Waals surface area contributed by atoms with E-state index in [1.165, 1.54) is 12.8 Å². The fourth-order valence-corrected chi connectivity index (χ4v) is 4.34. The Kier molecular flexibility index (Phi) is 5.73. The molecule has 154 valence electrons. The van der Waals surface area contributed by atoms with E-state index in [0.717, 1.165) is 36.5 Å². The number of fused-ring (bicyclic) bond motifs is 1. The van der Waals surface area contributed by atoms with Crippen molar-refractivity contribution in [2.24, 2.45) is 5.92 Å². The summed E-state index contributed by atoms with van der Waals surface area (Å²) in [6, 6.07) is 4.32. The molecule has 4 rings (SSSR count). The van der Waals surface area contributed by atoms with Crippen LogP contribution in [0.3, 0.4) is 0 Å². The van der Waals surface area contributed by atoms with Gasteiger partial charge < -0.3 is 10.6 Å². The second kappa shape index (κ2) is 8.42. The number of hydrogen-bond acceptors (Lipinski definition) is 6. The van der Waals surface area contributed by atoms with Gasteiger partial charge in [0, 0.05) is 13.0 Å². The zero-order valence-electron chi connectivity index (χ0n) is 16.3. The van der Waals surface area contributed by atoms with Crippen molar-refractivity contribution in [2.75, 3.05) is 19.6 Å². The molecular formula is C21H26N4O4. The van der Waals surface area contributed by atoms with Crippen LogP contribution in [0.1, 0.15) is 58.4 Å². The predicted octanol–water partition coefficient (Wildman–Crippen LogP) is 0.567. The molecule has 0 radical (unpaired) electrons. The summed E-state index contributed by atoms with van der Waals surface area (Å²) in [4.78, 5) is 50.1. The van der Waals surface area contributed by atoms with Crippen molar-refractivity contribution in [3.8, 4) is 0 Å². The van der Waals surface area contributed by atoms with E-state index in [4.69, 9.17) is 0 Å². The molecule has 8 heteroatoms. The summed E-state index contributed by atoms with van der Waals surface area (Å²) in [6.07, 6.45) is 3.84. The van der Waals surface area contributed by atoms with Gasteiger partial charge in [-0.2, -0.15) is 0 Å². The normalized spacial score (nSPS) is 25.0. The number of rotatable bonds is 5. The van der Waals surface area contributed by atoms with Crippen molar-refractivity contribution in [1.82, 2.24) is 20.9 Å². The monoisotopic (exact) mass is 398 g/mol. The molecule has 0 spiro atoms. The van der Waals surface area contributed by atoms with E-state index in [0.29, 0.717) is 23.6 Å². The lowest BCUT2D eigenvalue weighted by Gasteiger charge is -2.27. The van der Waals surface area contributed by atoms with Gasteiger partial charge in [0.2, 0.25) is 11.8 Å². The fourth-order valence-electron chi connectivity index (χ4n) is 4.34. The van der Waals surface area contributed by atoms with Crippen molar-refractivity contribution in [3.05, 3.63) is 34.9 Å². The van der Waals surface area contributed by atoms with Gasteiger partial charge in [0.05, 0.1) is 11.1 Å². The molecule has 0 aromatic heterocycles. The minimum absolute atomic E-state index is 0.121. The Morgan fingerprint density at radius 2 is 1.83 bits per heavy atom. The Labute approximate surface area is 169 Å². The molecule has 2 atom stereocenters. The summed E-state index contributed by atoms with van der Waals surface area (Å²) < 4.78 is 0. The van der Waals surface area contributed by atoms with Crippen LogP contribution in [-0.4, -0.2) is 54.2 Å². The quantitative estimate of drug-likeness (QED) is 0.626. The summed E-state index contributed by atoms with van der Waals surface area (Å²) in [7, 11) is 0. The highest BCUT2D eigenvalue weighted by Crippen LogP contribution is 2.28. The lowest BCUT2D eigenvalue weighted by atomic mass is 10.0. The van der Waals surface area contributed by atoms with Crippen LogP contribution >= 0.6 is 0 Å². The van der Waals surface area contributed by atoms with Crippen LogP contribution in [0.2, 0.25) is 0 Å². The van der Waals surface area contributed by atoms with Gasteiger partial charge in [-0.25, -0.2) is 0 Å². The first-order valence-corrected chi connectivity index (χ1v) is 10.3. The number of imide groups is 2. The molecule has 4 amide bonds. The maximum atomic E-state index is 12.9. The average Bonchev–Trinajstić information content (AvgIpc) is 2.87. The number of nitrogens with one attached hydrogen (secondary N) is 3. The first kappa shape index (κ1) is 19.7. The number of amides is 4. The largest absolute Gasteiger partial charge is 0.317 e. The average molecular weight is 398 g/mol. The van der Waals surface area contributed by atoms with Gasteiger partial charge in [-0.15, -0.1) is 0 Å². The Bertz CT molecular complexity index is 845. The van der Waals surface area contributed by atoms with Crippen LogP contribution in [0.5, 0.6) is 0 Å². The number of benzene rings is 1. The zero-order chi connectivity index (χ0) is 20.4. The molecule has 29 heavy (non-hydrogen) atoms. The Hall–Kier alpha value is -2.58. The molecule has 0 saturated carbocycles. The molecule has 0 aliphatic carbocycles. The predicted molar refractivity (Wildman–Crippen MR) is 105 cm³/mol. The first-order chi connectivity index (χ1) is 14.0. The van der Waals surface area contributed by atoms with Crippen LogP contribution < -0.4 is 16.0 Å². The fraction of sp³-hybridized carbons (Fsp3) is 0.524. The highest BCUT2D eigenvalue weighted by atomic mass is 16.2. The van der Waals surface area contributed by atoms with Crippen molar-refractivity contribution in [1.29, 1.82) is 0 Å². The standard InChI is InChI=1S/C21H26N4O4/c26-18-6-5-17(19(27)24-18)25-20(28)15-4-3-14(10-16(15)21(25)29)12-23-11-13-2-1-8-22-9-7-13/h3-4,10,13,17,22-23H,1-2,5-9,11-12H2,(H,24,26,27). The molecule has 2 unspecified atom stereocenters. The van der Waals surface area contributed by atoms with Gasteiger partial charge in [0.15, 0.2) is 0 Å². The molecule has 3 N–H and O–H groups in total. The number of nitrogens with zero attached hydrogens (tertiary/aromatic N) is 1. The lowest BCUT2D eigenvalue weighted by molar-refractivity contribution is -0.136. The van der Waals surface area contributed by atoms with Crippen molar-refractivity contribution >= 4 is 23.6 Å². The number of carbonyl (C=O) groups excluding carboxylic acids is 4. The number of carbonyl (C=O) groups is 4. The van der Waals surface area contributed by atoms with Gasteiger partial charge in [-0.3, -0.25) is 29.4 Å². The van der Waals surface area contributed by atoms with Crippen LogP contribution in [-0.2, 0) is 16.1 Å². The summed E-state index contributed by atoms with van der Waals surface area (Å²) >= 11 is 0. The van der Waals surface area contributed by atoms with Crippen molar-refractivity contribution in [2.45, 2.75) is 44.7 Å². The second-order valence-electron chi connectivity index (χ2n) is 8.00. The second-order valence-corrected chi connectivity index (χ2v) is 8.00. The maximum Gasteiger partial charge on any atom is 0.262 e. The molecule has 3 aliphatic heterocycles. The van der Waals surface area contributed by atoms with Crippen LogP contribution in [0.4, 0.5) is 0 Å². The van der Waals surface area contributed by atoms with Crippen LogP contribution in [0.25, 0.3) is 0 Å². The van der Waals surface area contributed by atoms with Crippen molar-refractivity contribution in [3.63, 3.8) is 0 Å². The summed E-state index contributed by atoms with van der Waals surface area (Å²) in [5.41, 5.74) is 1.58. The number of hydrogen-bond donors (Lipinski definition) is 3. The van der Waals surface area contributed by atoms with E-state index >= 15 is 0 Å². The third kappa shape index (κ3) is 4.09. The molecule has 2 fully saturated rings. The lowest BCUT2D eigenvalue weighted by Crippen LogP contribution is -2.54. The third-order valence-corrected chi connectivity index (χ3v) is 5.96. The van der Waals surface area contributed by atoms with E-state index in [-0.39, 0.29) is 18.7 Å². The zero-order valence-corrected chi connectivity index (χ0v) is 16.3. The van der Waals surface area contributed by atoms with E-state index in [1.54, 1.807) is 12.1 Å². The summed E-state index contributed by atoms with van der Waals surface area (Å²) in [5.74, 6) is -1.25. The first-order valence-electron chi connectivity index (χ1n) is 10.3. The Morgan fingerprint density at radius 3 is 2.66 bits per heavy atom. The third-order valence-electron chi connectivity index (χ3n) is 5.96. The Morgan fingerprint density at radius 1 is 1.00 bits per heavy atom. The van der Waals surface area contributed by atoms with Crippen LogP contribution in [0.15, 0.2) is 18.2 Å². The summed E-state index contributed by atoms with van der Waals surface area (Å²) in [5, 5.41) is 9.08. The molecule has 2 saturated heterocycles. The van der Waals surface area contributed by atoms with Gasteiger partial charge in [-0.05, 0) is 68.9 Å². The molecular weight excluding hydrogens is 372 g/mol. The van der Waals surface area contributed by atoms with Crippen LogP contribution in [0, 0.1) is 5.92 Å². The molecule has 8 nitrogen and oxygen atoms in total. The summed E-state index contributed by atoms with van der Waals surface area (Å²) in [6.45, 7) is 3.68. The molecule has 3 heterocycles. The van der Waals surface area contributed by atoms with E-state index < -0.39 is 23.8 Å². The highest BCUT2D eigenvalue weighted by molar-refractivity contribution is 6.23. The molecule has 3 aliphatic rings. The Balaban J connectivity index is 1.41. The maximum absolute atomic E-state index is 12.9.